The van der Waals surface area contributed by atoms with Crippen molar-refractivity contribution in [2.45, 2.75) is 6.18 Å². The van der Waals surface area contributed by atoms with E-state index in [1.54, 1.807) is 0 Å². The Balaban J connectivity index is 1.67. The van der Waals surface area contributed by atoms with E-state index in [2.05, 4.69) is 21.2 Å². The molecule has 4 rings (SSSR count). The van der Waals surface area contributed by atoms with E-state index < -0.39 is 34.1 Å². The highest BCUT2D eigenvalue weighted by Crippen LogP contribution is 2.34. The maximum atomic E-state index is 13.1. The molecule has 0 radical (unpaired) electrons. The predicted molar refractivity (Wildman–Crippen MR) is 126 cm³/mol. The number of furan rings is 1. The summed E-state index contributed by atoms with van der Waals surface area (Å²) in [6.07, 6.45) is -3.52. The van der Waals surface area contributed by atoms with Gasteiger partial charge in [0.2, 0.25) is 0 Å². The lowest BCUT2D eigenvalue weighted by Gasteiger charge is -2.29. The van der Waals surface area contributed by atoms with Crippen molar-refractivity contribution in [2.75, 3.05) is 4.90 Å². The molecule has 3 aromatic rings. The minimum absolute atomic E-state index is 0.0839. The van der Waals surface area contributed by atoms with Gasteiger partial charge in [-0.15, -0.1) is 0 Å². The summed E-state index contributed by atoms with van der Waals surface area (Å²) in [5.41, 5.74) is -1.23. The van der Waals surface area contributed by atoms with Gasteiger partial charge in [-0.3, -0.25) is 29.9 Å². The van der Waals surface area contributed by atoms with Crippen LogP contribution in [0.2, 0.25) is 0 Å². The third kappa shape index (κ3) is 4.86. The number of hydrogen-bond donors (Lipinski definition) is 1. The van der Waals surface area contributed by atoms with Crippen LogP contribution in [0.4, 0.5) is 24.5 Å². The highest BCUT2D eigenvalue weighted by atomic mass is 79.9. The Hall–Kier alpha value is -3.84. The Morgan fingerprint density at radius 2 is 1.86 bits per heavy atom. The van der Waals surface area contributed by atoms with E-state index in [1.807, 2.05) is 0 Å². The SMILES string of the molecule is O=C1NC(=S)N(c2cccc(C(F)(F)F)c2)C(=O)/C1=C\c1ccc(-c2ccc([N+](=O)[O-])cc2Br)o1. The van der Waals surface area contributed by atoms with Crippen LogP contribution in [0.3, 0.4) is 0 Å². The van der Waals surface area contributed by atoms with Gasteiger partial charge >= 0.3 is 6.18 Å². The van der Waals surface area contributed by atoms with Crippen LogP contribution in [0.1, 0.15) is 11.3 Å². The normalized spacial score (nSPS) is 15.5. The fourth-order valence-electron chi connectivity index (χ4n) is 3.25. The Bertz CT molecular complexity index is 1430. The van der Waals surface area contributed by atoms with E-state index in [1.165, 1.54) is 36.4 Å². The van der Waals surface area contributed by atoms with Gasteiger partial charge in [-0.05, 0) is 70.6 Å². The third-order valence-electron chi connectivity index (χ3n) is 4.88. The quantitative estimate of drug-likeness (QED) is 0.148. The van der Waals surface area contributed by atoms with E-state index >= 15 is 0 Å². The minimum Gasteiger partial charge on any atom is -0.457 e. The van der Waals surface area contributed by atoms with Crippen molar-refractivity contribution >= 4 is 62.5 Å². The summed E-state index contributed by atoms with van der Waals surface area (Å²) in [5.74, 6) is -1.42. The lowest BCUT2D eigenvalue weighted by molar-refractivity contribution is -0.384. The third-order valence-corrected chi connectivity index (χ3v) is 5.82. The topological polar surface area (TPSA) is 106 Å². The first-order valence-corrected chi connectivity index (χ1v) is 10.8. The highest BCUT2D eigenvalue weighted by molar-refractivity contribution is 9.10. The fourth-order valence-corrected chi connectivity index (χ4v) is 4.09. The van der Waals surface area contributed by atoms with Crippen LogP contribution in [0.5, 0.6) is 0 Å². The van der Waals surface area contributed by atoms with Crippen molar-refractivity contribution in [3.8, 4) is 11.3 Å². The number of halogens is 4. The second-order valence-corrected chi connectivity index (χ2v) is 8.37. The summed E-state index contributed by atoms with van der Waals surface area (Å²) < 4.78 is 45.4. The molecule has 35 heavy (non-hydrogen) atoms. The van der Waals surface area contributed by atoms with Crippen molar-refractivity contribution in [1.29, 1.82) is 0 Å². The van der Waals surface area contributed by atoms with Gasteiger partial charge in [0.1, 0.15) is 17.1 Å². The van der Waals surface area contributed by atoms with Crippen LogP contribution in [-0.2, 0) is 15.8 Å². The molecule has 2 heterocycles. The Kier molecular flexibility index (Phi) is 6.30. The van der Waals surface area contributed by atoms with Gasteiger partial charge in [0.15, 0.2) is 5.11 Å². The summed E-state index contributed by atoms with van der Waals surface area (Å²) in [4.78, 5) is 36.7. The van der Waals surface area contributed by atoms with Crippen molar-refractivity contribution in [2.24, 2.45) is 0 Å². The number of carbonyl (C=O) groups excluding carboxylic acids is 2. The molecule has 0 atom stereocenters. The molecule has 8 nitrogen and oxygen atoms in total. The van der Waals surface area contributed by atoms with Gasteiger partial charge in [0, 0.05) is 22.2 Å². The molecule has 1 saturated heterocycles. The number of hydrogen-bond acceptors (Lipinski definition) is 6. The largest absolute Gasteiger partial charge is 0.457 e. The summed E-state index contributed by atoms with van der Waals surface area (Å²) in [6, 6.07) is 11.0. The Morgan fingerprint density at radius 1 is 1.11 bits per heavy atom. The number of nitrogens with zero attached hydrogens (tertiary/aromatic N) is 2. The maximum absolute atomic E-state index is 13.1. The first-order chi connectivity index (χ1) is 16.5. The van der Waals surface area contributed by atoms with Crippen LogP contribution in [0.25, 0.3) is 17.4 Å². The second kappa shape index (κ2) is 9.07. The standard InChI is InChI=1S/C22H11BrF3N3O5S/c23-17-9-13(29(32)33)4-6-15(17)18-7-5-14(34-18)10-16-19(30)27-21(35)28(20(16)31)12-3-1-2-11(8-12)22(24,25)26/h1-10H,(H,27,30,35)/b16-10-. The first kappa shape index (κ1) is 24.3. The van der Waals surface area contributed by atoms with Crippen molar-refractivity contribution < 1.29 is 32.1 Å². The lowest BCUT2D eigenvalue weighted by atomic mass is 10.1. The number of nitro groups is 1. The molecule has 1 aromatic heterocycles. The average molecular weight is 566 g/mol. The zero-order valence-corrected chi connectivity index (χ0v) is 19.5. The van der Waals surface area contributed by atoms with Crippen LogP contribution < -0.4 is 10.2 Å². The number of alkyl halides is 3. The number of nitro benzene ring substituents is 1. The van der Waals surface area contributed by atoms with Crippen molar-refractivity contribution in [1.82, 2.24) is 5.32 Å². The number of thiocarbonyl (C=S) groups is 1. The molecule has 1 aliphatic rings. The number of rotatable bonds is 4. The molecule has 0 bridgehead atoms. The molecule has 0 unspecified atom stereocenters. The van der Waals surface area contributed by atoms with Crippen LogP contribution in [0, 0.1) is 10.1 Å². The smallest absolute Gasteiger partial charge is 0.416 e. The monoisotopic (exact) mass is 565 g/mol. The highest BCUT2D eigenvalue weighted by Gasteiger charge is 2.37. The summed E-state index contributed by atoms with van der Waals surface area (Å²) >= 11 is 8.26. The van der Waals surface area contributed by atoms with Crippen LogP contribution in [0.15, 0.2) is 69.1 Å². The van der Waals surface area contributed by atoms with Gasteiger partial charge < -0.3 is 4.42 Å². The number of carbonyl (C=O) groups is 2. The summed E-state index contributed by atoms with van der Waals surface area (Å²) in [6.45, 7) is 0. The van der Waals surface area contributed by atoms with Gasteiger partial charge in [-0.1, -0.05) is 6.07 Å². The lowest BCUT2D eigenvalue weighted by Crippen LogP contribution is -2.54. The van der Waals surface area contributed by atoms with E-state index in [4.69, 9.17) is 16.6 Å². The Labute approximate surface area is 208 Å². The molecule has 0 spiro atoms. The molecule has 1 fully saturated rings. The number of non-ortho nitro benzene ring substituents is 1. The van der Waals surface area contributed by atoms with E-state index in [-0.39, 0.29) is 28.0 Å². The van der Waals surface area contributed by atoms with Crippen molar-refractivity contribution in [3.63, 3.8) is 0 Å². The minimum atomic E-state index is -4.64. The average Bonchev–Trinajstić information content (AvgIpc) is 3.24. The van der Waals surface area contributed by atoms with Gasteiger partial charge in [0.25, 0.3) is 17.5 Å². The molecular weight excluding hydrogens is 555 g/mol. The number of nitrogens with one attached hydrogen (secondary N) is 1. The number of benzene rings is 2. The molecule has 0 saturated carbocycles. The molecule has 1 aliphatic heterocycles. The predicted octanol–water partition coefficient (Wildman–Crippen LogP) is 5.47. The van der Waals surface area contributed by atoms with Crippen LogP contribution >= 0.6 is 28.1 Å². The van der Waals surface area contributed by atoms with E-state index in [9.17, 15) is 32.9 Å². The zero-order valence-electron chi connectivity index (χ0n) is 17.1. The molecule has 2 amide bonds. The molecule has 13 heteroatoms. The van der Waals surface area contributed by atoms with Gasteiger partial charge in [0.05, 0.1) is 16.2 Å². The first-order valence-electron chi connectivity index (χ1n) is 9.58. The zero-order chi connectivity index (χ0) is 25.5. The summed E-state index contributed by atoms with van der Waals surface area (Å²) in [5, 5.41) is 12.8. The molecular formula is C22H11BrF3N3O5S. The number of amides is 2. The van der Waals surface area contributed by atoms with E-state index in [0.29, 0.717) is 10.0 Å². The number of anilines is 1. The molecule has 178 valence electrons. The van der Waals surface area contributed by atoms with Gasteiger partial charge in [-0.25, -0.2) is 0 Å². The van der Waals surface area contributed by atoms with Crippen LogP contribution in [-0.4, -0.2) is 21.9 Å². The van der Waals surface area contributed by atoms with Crippen molar-refractivity contribution in [3.05, 3.63) is 86.1 Å². The maximum Gasteiger partial charge on any atom is 0.416 e. The molecule has 0 aliphatic carbocycles. The van der Waals surface area contributed by atoms with E-state index in [0.717, 1.165) is 29.2 Å². The molecule has 1 N–H and O–H groups in total. The summed E-state index contributed by atoms with van der Waals surface area (Å²) in [7, 11) is 0. The Morgan fingerprint density at radius 3 is 2.51 bits per heavy atom. The van der Waals surface area contributed by atoms with Gasteiger partial charge in [-0.2, -0.15) is 13.2 Å². The molecule has 2 aromatic carbocycles. The fraction of sp³-hybridized carbons (Fsp3) is 0.0455. The second-order valence-electron chi connectivity index (χ2n) is 7.13.